The monoisotopic (exact) mass is 340 g/mol. The summed E-state index contributed by atoms with van der Waals surface area (Å²) in [5.41, 5.74) is 2.63. The third-order valence-electron chi connectivity index (χ3n) is 3.68. The number of benzene rings is 1. The molecule has 0 radical (unpaired) electrons. The minimum absolute atomic E-state index is 0.519. The lowest BCUT2D eigenvalue weighted by molar-refractivity contribution is 0.547. The van der Waals surface area contributed by atoms with Crippen LogP contribution in [0.1, 0.15) is 46.6 Å². The first-order valence-electron chi connectivity index (χ1n) is 7.74. The first kappa shape index (κ1) is 17.5. The molecule has 20 heavy (non-hydrogen) atoms. The Morgan fingerprint density at radius 3 is 2.40 bits per heavy atom. The van der Waals surface area contributed by atoms with Crippen molar-refractivity contribution >= 4 is 21.6 Å². The van der Waals surface area contributed by atoms with Gasteiger partial charge in [-0.25, -0.2) is 0 Å². The summed E-state index contributed by atoms with van der Waals surface area (Å²) >= 11 is 3.74. The Morgan fingerprint density at radius 1 is 1.20 bits per heavy atom. The van der Waals surface area contributed by atoms with Gasteiger partial charge in [-0.1, -0.05) is 40.2 Å². The molecule has 1 N–H and O–H groups in total. The first-order chi connectivity index (χ1) is 9.47. The summed E-state index contributed by atoms with van der Waals surface area (Å²) in [5.74, 6) is 0.726. The highest BCUT2D eigenvalue weighted by Gasteiger charge is 2.11. The molecule has 1 unspecified atom stereocenters. The van der Waals surface area contributed by atoms with Crippen LogP contribution in [0.15, 0.2) is 22.7 Å². The van der Waals surface area contributed by atoms with Crippen molar-refractivity contribution in [2.75, 3.05) is 18.0 Å². The first-order valence-corrected chi connectivity index (χ1v) is 8.53. The van der Waals surface area contributed by atoms with Gasteiger partial charge in [0, 0.05) is 30.1 Å². The molecule has 0 fully saturated rings. The third kappa shape index (κ3) is 5.45. The lowest BCUT2D eigenvalue weighted by Gasteiger charge is -2.27. The van der Waals surface area contributed by atoms with Gasteiger partial charge in [-0.3, -0.25) is 0 Å². The standard InChI is InChI=1S/C17H29BrN2/c1-6-14(5)12-20(7-2)17-9-8-15(10-16(17)18)11-19-13(3)4/h8-10,13-14,19H,6-7,11-12H2,1-5H3. The quantitative estimate of drug-likeness (QED) is 0.729. The largest absolute Gasteiger partial charge is 0.371 e. The van der Waals surface area contributed by atoms with E-state index < -0.39 is 0 Å². The summed E-state index contributed by atoms with van der Waals surface area (Å²) < 4.78 is 1.20. The molecule has 1 atom stereocenters. The van der Waals surface area contributed by atoms with E-state index in [1.54, 1.807) is 0 Å². The number of hydrogen-bond acceptors (Lipinski definition) is 2. The highest BCUT2D eigenvalue weighted by Crippen LogP contribution is 2.28. The van der Waals surface area contributed by atoms with Crippen LogP contribution in [-0.2, 0) is 6.54 Å². The van der Waals surface area contributed by atoms with E-state index in [1.807, 2.05) is 0 Å². The van der Waals surface area contributed by atoms with E-state index in [4.69, 9.17) is 0 Å². The Balaban J connectivity index is 2.79. The van der Waals surface area contributed by atoms with Crippen LogP contribution >= 0.6 is 15.9 Å². The van der Waals surface area contributed by atoms with Gasteiger partial charge in [0.25, 0.3) is 0 Å². The fourth-order valence-corrected chi connectivity index (χ4v) is 2.82. The Morgan fingerprint density at radius 2 is 1.90 bits per heavy atom. The number of halogens is 1. The highest BCUT2D eigenvalue weighted by atomic mass is 79.9. The summed E-state index contributed by atoms with van der Waals surface area (Å²) in [6.45, 7) is 14.2. The summed E-state index contributed by atoms with van der Waals surface area (Å²) in [4.78, 5) is 2.46. The van der Waals surface area contributed by atoms with Crippen molar-refractivity contribution in [1.29, 1.82) is 0 Å². The van der Waals surface area contributed by atoms with Crippen LogP contribution in [0.3, 0.4) is 0 Å². The van der Waals surface area contributed by atoms with Gasteiger partial charge in [0.05, 0.1) is 5.69 Å². The van der Waals surface area contributed by atoms with Gasteiger partial charge in [-0.2, -0.15) is 0 Å². The van der Waals surface area contributed by atoms with Crippen molar-refractivity contribution < 1.29 is 0 Å². The number of hydrogen-bond donors (Lipinski definition) is 1. The second-order valence-electron chi connectivity index (χ2n) is 5.87. The van der Waals surface area contributed by atoms with Crippen molar-refractivity contribution in [2.45, 2.75) is 53.6 Å². The normalized spacial score (nSPS) is 12.8. The molecule has 1 aromatic rings. The zero-order valence-corrected chi connectivity index (χ0v) is 15.1. The second kappa shape index (κ2) is 8.68. The zero-order valence-electron chi connectivity index (χ0n) is 13.5. The average Bonchev–Trinajstić information content (AvgIpc) is 2.42. The fourth-order valence-electron chi connectivity index (χ4n) is 2.14. The topological polar surface area (TPSA) is 15.3 Å². The number of anilines is 1. The number of nitrogens with zero attached hydrogens (tertiary/aromatic N) is 1. The van der Waals surface area contributed by atoms with Gasteiger partial charge < -0.3 is 10.2 Å². The van der Waals surface area contributed by atoms with Gasteiger partial charge in [0.2, 0.25) is 0 Å². The molecule has 0 bridgehead atoms. The maximum Gasteiger partial charge on any atom is 0.0510 e. The van der Waals surface area contributed by atoms with Gasteiger partial charge in [0.15, 0.2) is 0 Å². The fraction of sp³-hybridized carbons (Fsp3) is 0.647. The van der Waals surface area contributed by atoms with E-state index >= 15 is 0 Å². The van der Waals surface area contributed by atoms with Gasteiger partial charge >= 0.3 is 0 Å². The van der Waals surface area contributed by atoms with Crippen LogP contribution in [0.4, 0.5) is 5.69 Å². The van der Waals surface area contributed by atoms with Crippen molar-refractivity contribution in [1.82, 2.24) is 5.32 Å². The molecule has 1 aromatic carbocycles. The molecule has 0 amide bonds. The lowest BCUT2D eigenvalue weighted by atomic mass is 10.1. The van der Waals surface area contributed by atoms with Gasteiger partial charge in [0.1, 0.15) is 0 Å². The highest BCUT2D eigenvalue weighted by molar-refractivity contribution is 9.10. The molecule has 114 valence electrons. The predicted molar refractivity (Wildman–Crippen MR) is 93.5 cm³/mol. The molecule has 0 aromatic heterocycles. The minimum Gasteiger partial charge on any atom is -0.371 e. The van der Waals surface area contributed by atoms with E-state index in [9.17, 15) is 0 Å². The van der Waals surface area contributed by atoms with E-state index in [0.717, 1.165) is 25.6 Å². The molecule has 0 saturated heterocycles. The predicted octanol–water partition coefficient (Wildman–Crippen LogP) is 4.82. The molecule has 0 aliphatic heterocycles. The van der Waals surface area contributed by atoms with Crippen LogP contribution < -0.4 is 10.2 Å². The summed E-state index contributed by atoms with van der Waals surface area (Å²) in [6.07, 6.45) is 1.23. The Kier molecular flexibility index (Phi) is 7.60. The van der Waals surface area contributed by atoms with E-state index in [1.165, 1.54) is 22.1 Å². The maximum absolute atomic E-state index is 3.74. The summed E-state index contributed by atoms with van der Waals surface area (Å²) in [7, 11) is 0. The van der Waals surface area contributed by atoms with E-state index in [-0.39, 0.29) is 0 Å². The molecule has 0 heterocycles. The number of rotatable bonds is 8. The van der Waals surface area contributed by atoms with Crippen LogP contribution in [0.25, 0.3) is 0 Å². The van der Waals surface area contributed by atoms with E-state index in [2.05, 4.69) is 79.0 Å². The van der Waals surface area contributed by atoms with Crippen LogP contribution in [-0.4, -0.2) is 19.1 Å². The zero-order chi connectivity index (χ0) is 15.1. The average molecular weight is 341 g/mol. The Bertz CT molecular complexity index is 404. The molecule has 0 spiro atoms. The molecule has 1 rings (SSSR count). The smallest absolute Gasteiger partial charge is 0.0510 e. The van der Waals surface area contributed by atoms with Crippen LogP contribution in [0, 0.1) is 5.92 Å². The van der Waals surface area contributed by atoms with Crippen LogP contribution in [0.2, 0.25) is 0 Å². The number of nitrogens with one attached hydrogen (secondary N) is 1. The van der Waals surface area contributed by atoms with Crippen molar-refractivity contribution in [2.24, 2.45) is 5.92 Å². The molecular formula is C17H29BrN2. The van der Waals surface area contributed by atoms with E-state index in [0.29, 0.717) is 6.04 Å². The minimum atomic E-state index is 0.519. The lowest BCUT2D eigenvalue weighted by Crippen LogP contribution is -2.28. The Hall–Kier alpha value is -0.540. The second-order valence-corrected chi connectivity index (χ2v) is 6.73. The molecule has 0 aliphatic carbocycles. The summed E-state index contributed by atoms with van der Waals surface area (Å²) in [5, 5.41) is 3.46. The Labute approximate surface area is 133 Å². The van der Waals surface area contributed by atoms with Crippen molar-refractivity contribution in [3.05, 3.63) is 28.2 Å². The SMILES string of the molecule is CCC(C)CN(CC)c1ccc(CNC(C)C)cc1Br. The van der Waals surface area contributed by atoms with Gasteiger partial charge in [-0.05, 0) is 46.5 Å². The molecule has 3 heteroatoms. The third-order valence-corrected chi connectivity index (χ3v) is 4.31. The molecule has 2 nitrogen and oxygen atoms in total. The van der Waals surface area contributed by atoms with Crippen LogP contribution in [0.5, 0.6) is 0 Å². The molecule has 0 aliphatic rings. The van der Waals surface area contributed by atoms with Crippen molar-refractivity contribution in [3.8, 4) is 0 Å². The molecule has 0 saturated carbocycles. The van der Waals surface area contributed by atoms with Gasteiger partial charge in [-0.15, -0.1) is 0 Å². The molecular weight excluding hydrogens is 312 g/mol. The maximum atomic E-state index is 3.74. The summed E-state index contributed by atoms with van der Waals surface area (Å²) in [6, 6.07) is 7.23. The van der Waals surface area contributed by atoms with Crippen molar-refractivity contribution in [3.63, 3.8) is 0 Å².